The normalized spacial score (nSPS) is 24.4. The summed E-state index contributed by atoms with van der Waals surface area (Å²) in [5, 5.41) is 0. The molecule has 3 nitrogen and oxygen atoms in total. The molecule has 1 aliphatic heterocycles. The highest BCUT2D eigenvalue weighted by atomic mass is 19.2. The third-order valence-electron chi connectivity index (χ3n) is 5.46. The molecule has 1 aromatic carbocycles. The van der Waals surface area contributed by atoms with Gasteiger partial charge in [0, 0.05) is 19.2 Å². The standard InChI is InChI=1S/C22H33F2NO2/c1-7-14(2)20-21(27-22(5,6)26-20)15(3)8-10-25-11-9-17-13-19(24)18(23)12-16(17)4/h11-15,20-21H,7-10H2,1-6H3. The average molecular weight is 382 g/mol. The lowest BCUT2D eigenvalue weighted by atomic mass is 9.89. The Morgan fingerprint density at radius 2 is 1.70 bits per heavy atom. The smallest absolute Gasteiger partial charge is 0.163 e. The minimum atomic E-state index is -0.810. The number of aliphatic imine (C=N–C) groups is 1. The topological polar surface area (TPSA) is 30.8 Å². The largest absolute Gasteiger partial charge is 0.344 e. The van der Waals surface area contributed by atoms with E-state index in [2.05, 4.69) is 25.8 Å². The van der Waals surface area contributed by atoms with Crippen LogP contribution in [0.25, 0.3) is 0 Å². The van der Waals surface area contributed by atoms with Crippen molar-refractivity contribution < 1.29 is 18.3 Å². The maximum absolute atomic E-state index is 13.4. The van der Waals surface area contributed by atoms with Gasteiger partial charge in [0.2, 0.25) is 0 Å². The first kappa shape index (κ1) is 22.0. The third-order valence-corrected chi connectivity index (χ3v) is 5.46. The highest BCUT2D eigenvalue weighted by molar-refractivity contribution is 5.62. The minimum absolute atomic E-state index is 0.0681. The highest BCUT2D eigenvalue weighted by Gasteiger charge is 2.45. The van der Waals surface area contributed by atoms with Crippen LogP contribution in [0, 0.1) is 30.4 Å². The van der Waals surface area contributed by atoms with Gasteiger partial charge in [0.1, 0.15) is 0 Å². The molecular formula is C22H33F2NO2. The number of halogens is 2. The Morgan fingerprint density at radius 1 is 1.11 bits per heavy atom. The summed E-state index contributed by atoms with van der Waals surface area (Å²) in [5.74, 6) is -1.39. The zero-order chi connectivity index (χ0) is 20.2. The van der Waals surface area contributed by atoms with Crippen LogP contribution in [0.1, 0.15) is 58.6 Å². The Bertz CT molecular complexity index is 660. The molecule has 0 aromatic heterocycles. The van der Waals surface area contributed by atoms with Crippen molar-refractivity contribution in [3.05, 3.63) is 34.9 Å². The molecular weight excluding hydrogens is 348 g/mol. The summed E-state index contributed by atoms with van der Waals surface area (Å²) in [6.45, 7) is 13.0. The molecule has 5 heteroatoms. The van der Waals surface area contributed by atoms with E-state index in [1.165, 1.54) is 12.1 Å². The fourth-order valence-corrected chi connectivity index (χ4v) is 3.53. The van der Waals surface area contributed by atoms with Crippen molar-refractivity contribution >= 4 is 6.21 Å². The number of rotatable bonds is 8. The predicted octanol–water partition coefficient (Wildman–Crippen LogP) is 5.48. The molecule has 0 bridgehead atoms. The van der Waals surface area contributed by atoms with Crippen molar-refractivity contribution in [1.82, 2.24) is 0 Å². The molecule has 152 valence electrons. The van der Waals surface area contributed by atoms with Gasteiger partial charge in [-0.3, -0.25) is 4.99 Å². The van der Waals surface area contributed by atoms with Gasteiger partial charge >= 0.3 is 0 Å². The maximum atomic E-state index is 13.4. The van der Waals surface area contributed by atoms with Crippen LogP contribution in [-0.4, -0.2) is 30.8 Å². The average Bonchev–Trinajstić information content (AvgIpc) is 2.93. The second-order valence-electron chi connectivity index (χ2n) is 8.20. The Hall–Kier alpha value is -1.33. The van der Waals surface area contributed by atoms with Gasteiger partial charge in [-0.2, -0.15) is 0 Å². The van der Waals surface area contributed by atoms with Crippen LogP contribution in [0.5, 0.6) is 0 Å². The number of aryl methyl sites for hydroxylation is 1. The Morgan fingerprint density at radius 3 is 2.33 bits per heavy atom. The number of hydrogen-bond acceptors (Lipinski definition) is 3. The number of hydrogen-bond donors (Lipinski definition) is 0. The van der Waals surface area contributed by atoms with E-state index in [1.807, 2.05) is 13.8 Å². The summed E-state index contributed by atoms with van der Waals surface area (Å²) in [6, 6.07) is 2.48. The van der Waals surface area contributed by atoms with E-state index in [1.54, 1.807) is 13.1 Å². The van der Waals surface area contributed by atoms with Gasteiger partial charge in [-0.25, -0.2) is 8.78 Å². The molecule has 1 saturated heterocycles. The zero-order valence-electron chi connectivity index (χ0n) is 17.4. The predicted molar refractivity (Wildman–Crippen MR) is 105 cm³/mol. The fraction of sp³-hybridized carbons (Fsp3) is 0.682. The number of nitrogens with zero attached hydrogens (tertiary/aromatic N) is 1. The SMILES string of the molecule is CCC(C)C1OC(C)(C)OC1C(C)CCN=CCc1cc(F)c(F)cc1C. The lowest BCUT2D eigenvalue weighted by Crippen LogP contribution is -2.34. The van der Waals surface area contributed by atoms with E-state index in [9.17, 15) is 8.78 Å². The van der Waals surface area contributed by atoms with E-state index < -0.39 is 17.4 Å². The van der Waals surface area contributed by atoms with Crippen LogP contribution in [0.4, 0.5) is 8.78 Å². The molecule has 0 radical (unpaired) electrons. The first-order valence-electron chi connectivity index (χ1n) is 9.93. The fourth-order valence-electron chi connectivity index (χ4n) is 3.53. The summed E-state index contributed by atoms with van der Waals surface area (Å²) >= 11 is 0. The molecule has 1 fully saturated rings. The molecule has 2 rings (SSSR count). The minimum Gasteiger partial charge on any atom is -0.344 e. The van der Waals surface area contributed by atoms with Crippen LogP contribution >= 0.6 is 0 Å². The monoisotopic (exact) mass is 381 g/mol. The van der Waals surface area contributed by atoms with Crippen molar-refractivity contribution in [2.45, 2.75) is 78.8 Å². The zero-order valence-corrected chi connectivity index (χ0v) is 17.4. The summed E-state index contributed by atoms with van der Waals surface area (Å²) in [7, 11) is 0. The van der Waals surface area contributed by atoms with E-state index in [0.29, 0.717) is 24.8 Å². The van der Waals surface area contributed by atoms with E-state index in [-0.39, 0.29) is 12.2 Å². The molecule has 1 aromatic rings. The maximum Gasteiger partial charge on any atom is 0.163 e. The van der Waals surface area contributed by atoms with Gasteiger partial charge in [-0.05, 0) is 62.3 Å². The molecule has 0 aliphatic carbocycles. The molecule has 0 spiro atoms. The van der Waals surface area contributed by atoms with Gasteiger partial charge in [-0.1, -0.05) is 27.2 Å². The van der Waals surface area contributed by atoms with Crippen LogP contribution in [0.2, 0.25) is 0 Å². The van der Waals surface area contributed by atoms with Crippen LogP contribution in [0.15, 0.2) is 17.1 Å². The van der Waals surface area contributed by atoms with Gasteiger partial charge in [0.05, 0.1) is 12.2 Å². The van der Waals surface area contributed by atoms with E-state index in [0.717, 1.165) is 24.0 Å². The summed E-state index contributed by atoms with van der Waals surface area (Å²) in [4.78, 5) is 4.46. The van der Waals surface area contributed by atoms with Crippen LogP contribution < -0.4 is 0 Å². The van der Waals surface area contributed by atoms with Crippen molar-refractivity contribution in [3.63, 3.8) is 0 Å². The Kier molecular flexibility index (Phi) is 7.52. The Labute approximate surface area is 162 Å². The highest BCUT2D eigenvalue weighted by Crippen LogP contribution is 2.37. The van der Waals surface area contributed by atoms with Gasteiger partial charge < -0.3 is 9.47 Å². The van der Waals surface area contributed by atoms with Crippen molar-refractivity contribution in [3.8, 4) is 0 Å². The second-order valence-corrected chi connectivity index (χ2v) is 8.20. The van der Waals surface area contributed by atoms with Crippen molar-refractivity contribution in [2.24, 2.45) is 16.8 Å². The second kappa shape index (κ2) is 9.24. The lowest BCUT2D eigenvalue weighted by molar-refractivity contribution is -0.153. The van der Waals surface area contributed by atoms with E-state index >= 15 is 0 Å². The molecule has 0 N–H and O–H groups in total. The molecule has 1 aliphatic rings. The molecule has 27 heavy (non-hydrogen) atoms. The molecule has 0 amide bonds. The Balaban J connectivity index is 1.87. The van der Waals surface area contributed by atoms with Gasteiger partial charge in [-0.15, -0.1) is 0 Å². The van der Waals surface area contributed by atoms with Crippen LogP contribution in [-0.2, 0) is 15.9 Å². The van der Waals surface area contributed by atoms with Crippen LogP contribution in [0.3, 0.4) is 0 Å². The van der Waals surface area contributed by atoms with Gasteiger partial charge in [0.25, 0.3) is 0 Å². The molecule has 4 unspecified atom stereocenters. The summed E-state index contributed by atoms with van der Waals surface area (Å²) < 4.78 is 38.8. The third kappa shape index (κ3) is 5.82. The number of benzene rings is 1. The lowest BCUT2D eigenvalue weighted by Gasteiger charge is -2.26. The summed E-state index contributed by atoms with van der Waals surface area (Å²) in [5.41, 5.74) is 1.50. The quantitative estimate of drug-likeness (QED) is 0.558. The van der Waals surface area contributed by atoms with Gasteiger partial charge in [0.15, 0.2) is 17.4 Å². The first-order chi connectivity index (χ1) is 12.6. The number of ether oxygens (including phenoxy) is 2. The molecule has 1 heterocycles. The van der Waals surface area contributed by atoms with Crippen molar-refractivity contribution in [2.75, 3.05) is 6.54 Å². The molecule has 0 saturated carbocycles. The first-order valence-corrected chi connectivity index (χ1v) is 9.93. The van der Waals surface area contributed by atoms with Crippen molar-refractivity contribution in [1.29, 1.82) is 0 Å². The van der Waals surface area contributed by atoms with E-state index in [4.69, 9.17) is 9.47 Å². The summed E-state index contributed by atoms with van der Waals surface area (Å²) in [6.07, 6.45) is 4.41. The molecule has 4 atom stereocenters.